The molecule has 0 aliphatic carbocycles. The molecule has 1 saturated heterocycles. The SMILES string of the molecule is c1cc(NCCC2CCNC2)ncn1. The van der Waals surface area contributed by atoms with Gasteiger partial charge in [0.1, 0.15) is 12.1 Å². The first-order valence-corrected chi connectivity index (χ1v) is 5.16. The minimum atomic E-state index is 0.837. The molecular weight excluding hydrogens is 176 g/mol. The highest BCUT2D eigenvalue weighted by molar-refractivity contribution is 5.31. The number of nitrogens with zero attached hydrogens (tertiary/aromatic N) is 2. The van der Waals surface area contributed by atoms with Gasteiger partial charge in [0.05, 0.1) is 0 Å². The Hall–Kier alpha value is -1.16. The molecule has 2 rings (SSSR count). The summed E-state index contributed by atoms with van der Waals surface area (Å²) in [5.41, 5.74) is 0. The fraction of sp³-hybridized carbons (Fsp3) is 0.600. The molecule has 1 aliphatic heterocycles. The van der Waals surface area contributed by atoms with Gasteiger partial charge in [0.15, 0.2) is 0 Å². The van der Waals surface area contributed by atoms with Crippen LogP contribution in [0.2, 0.25) is 0 Å². The van der Waals surface area contributed by atoms with E-state index in [1.54, 1.807) is 12.5 Å². The molecular formula is C10H16N4. The molecule has 1 aliphatic rings. The zero-order valence-corrected chi connectivity index (χ0v) is 8.24. The van der Waals surface area contributed by atoms with Gasteiger partial charge in [-0.05, 0) is 37.9 Å². The van der Waals surface area contributed by atoms with Gasteiger partial charge in [0, 0.05) is 12.7 Å². The van der Waals surface area contributed by atoms with Crippen LogP contribution in [0.15, 0.2) is 18.6 Å². The van der Waals surface area contributed by atoms with Gasteiger partial charge in [-0.15, -0.1) is 0 Å². The van der Waals surface area contributed by atoms with Crippen molar-refractivity contribution in [1.82, 2.24) is 15.3 Å². The lowest BCUT2D eigenvalue weighted by Crippen LogP contribution is -2.13. The van der Waals surface area contributed by atoms with Gasteiger partial charge in [0.25, 0.3) is 0 Å². The lowest BCUT2D eigenvalue weighted by atomic mass is 10.1. The highest BCUT2D eigenvalue weighted by atomic mass is 15.0. The maximum absolute atomic E-state index is 4.11. The Labute approximate surface area is 84.2 Å². The van der Waals surface area contributed by atoms with Crippen molar-refractivity contribution < 1.29 is 0 Å². The van der Waals surface area contributed by atoms with Crippen LogP contribution in [0.1, 0.15) is 12.8 Å². The number of hydrogen-bond donors (Lipinski definition) is 2. The van der Waals surface area contributed by atoms with E-state index >= 15 is 0 Å². The predicted octanol–water partition coefficient (Wildman–Crippen LogP) is 0.888. The lowest BCUT2D eigenvalue weighted by molar-refractivity contribution is 0.549. The van der Waals surface area contributed by atoms with E-state index in [4.69, 9.17) is 0 Å². The first-order valence-electron chi connectivity index (χ1n) is 5.16. The third kappa shape index (κ3) is 2.67. The zero-order chi connectivity index (χ0) is 9.64. The van der Waals surface area contributed by atoms with E-state index in [1.807, 2.05) is 6.07 Å². The standard InChI is InChI=1S/C10H16N4/c1-4-11-7-9(1)2-6-13-10-3-5-12-8-14-10/h3,5,8-9,11H,1-2,4,6-7H2,(H,12,13,14). The van der Waals surface area contributed by atoms with Crippen LogP contribution < -0.4 is 10.6 Å². The molecule has 2 heterocycles. The minimum Gasteiger partial charge on any atom is -0.370 e. The highest BCUT2D eigenvalue weighted by Crippen LogP contribution is 2.11. The van der Waals surface area contributed by atoms with E-state index in [9.17, 15) is 0 Å². The van der Waals surface area contributed by atoms with E-state index in [2.05, 4.69) is 20.6 Å². The minimum absolute atomic E-state index is 0.837. The van der Waals surface area contributed by atoms with Crippen LogP contribution in [0.4, 0.5) is 5.82 Å². The predicted molar refractivity (Wildman–Crippen MR) is 56.1 cm³/mol. The third-order valence-electron chi connectivity index (χ3n) is 2.60. The summed E-state index contributed by atoms with van der Waals surface area (Å²) in [4.78, 5) is 7.97. The summed E-state index contributed by atoms with van der Waals surface area (Å²) in [7, 11) is 0. The molecule has 0 saturated carbocycles. The van der Waals surface area contributed by atoms with Crippen molar-refractivity contribution in [2.24, 2.45) is 5.92 Å². The number of aromatic nitrogens is 2. The molecule has 14 heavy (non-hydrogen) atoms. The molecule has 1 aromatic rings. The Balaban J connectivity index is 1.67. The smallest absolute Gasteiger partial charge is 0.129 e. The summed E-state index contributed by atoms with van der Waals surface area (Å²) in [5.74, 6) is 1.76. The fourth-order valence-electron chi connectivity index (χ4n) is 1.76. The van der Waals surface area contributed by atoms with Crippen LogP contribution in [0, 0.1) is 5.92 Å². The molecule has 1 unspecified atom stereocenters. The number of nitrogens with one attached hydrogen (secondary N) is 2. The maximum Gasteiger partial charge on any atom is 0.129 e. The summed E-state index contributed by atoms with van der Waals surface area (Å²) in [6.45, 7) is 3.35. The second-order valence-corrected chi connectivity index (χ2v) is 3.67. The van der Waals surface area contributed by atoms with Crippen LogP contribution in [0.25, 0.3) is 0 Å². The van der Waals surface area contributed by atoms with Gasteiger partial charge < -0.3 is 10.6 Å². The molecule has 0 radical (unpaired) electrons. The van der Waals surface area contributed by atoms with Crippen LogP contribution in [-0.4, -0.2) is 29.6 Å². The average Bonchev–Trinajstić information content (AvgIpc) is 2.72. The van der Waals surface area contributed by atoms with E-state index in [0.717, 1.165) is 18.3 Å². The van der Waals surface area contributed by atoms with E-state index in [1.165, 1.54) is 25.9 Å². The second kappa shape index (κ2) is 4.91. The quantitative estimate of drug-likeness (QED) is 0.743. The topological polar surface area (TPSA) is 49.8 Å². The lowest BCUT2D eigenvalue weighted by Gasteiger charge is -2.08. The van der Waals surface area contributed by atoms with E-state index < -0.39 is 0 Å². The number of anilines is 1. The molecule has 0 spiro atoms. The first-order chi connectivity index (χ1) is 6.95. The number of rotatable bonds is 4. The van der Waals surface area contributed by atoms with Gasteiger partial charge in [-0.25, -0.2) is 9.97 Å². The van der Waals surface area contributed by atoms with Gasteiger partial charge in [0.2, 0.25) is 0 Å². The summed E-state index contributed by atoms with van der Waals surface area (Å²) < 4.78 is 0. The molecule has 2 N–H and O–H groups in total. The van der Waals surface area contributed by atoms with Crippen LogP contribution >= 0.6 is 0 Å². The Morgan fingerprint density at radius 3 is 3.29 bits per heavy atom. The van der Waals surface area contributed by atoms with Gasteiger partial charge in [-0.2, -0.15) is 0 Å². The Kier molecular flexibility index (Phi) is 3.29. The van der Waals surface area contributed by atoms with Crippen LogP contribution in [0.5, 0.6) is 0 Å². The Morgan fingerprint density at radius 1 is 1.57 bits per heavy atom. The van der Waals surface area contributed by atoms with Crippen molar-refractivity contribution in [3.05, 3.63) is 18.6 Å². The third-order valence-corrected chi connectivity index (χ3v) is 2.60. The van der Waals surface area contributed by atoms with Crippen molar-refractivity contribution in [1.29, 1.82) is 0 Å². The summed E-state index contributed by atoms with van der Waals surface area (Å²) >= 11 is 0. The Morgan fingerprint density at radius 2 is 2.57 bits per heavy atom. The molecule has 1 fully saturated rings. The monoisotopic (exact) mass is 192 g/mol. The van der Waals surface area contributed by atoms with Crippen LogP contribution in [0.3, 0.4) is 0 Å². The highest BCUT2D eigenvalue weighted by Gasteiger charge is 2.13. The summed E-state index contributed by atoms with van der Waals surface area (Å²) in [6.07, 6.45) is 5.86. The summed E-state index contributed by atoms with van der Waals surface area (Å²) in [5, 5.41) is 6.66. The van der Waals surface area contributed by atoms with Crippen molar-refractivity contribution in [3.63, 3.8) is 0 Å². The first kappa shape index (κ1) is 9.40. The van der Waals surface area contributed by atoms with E-state index in [-0.39, 0.29) is 0 Å². The normalized spacial score (nSPS) is 21.0. The maximum atomic E-state index is 4.11. The molecule has 76 valence electrons. The molecule has 0 amide bonds. The molecule has 4 nitrogen and oxygen atoms in total. The van der Waals surface area contributed by atoms with Crippen molar-refractivity contribution in [3.8, 4) is 0 Å². The van der Waals surface area contributed by atoms with Gasteiger partial charge in [-0.3, -0.25) is 0 Å². The van der Waals surface area contributed by atoms with Gasteiger partial charge >= 0.3 is 0 Å². The average molecular weight is 192 g/mol. The van der Waals surface area contributed by atoms with Crippen LogP contribution in [-0.2, 0) is 0 Å². The summed E-state index contributed by atoms with van der Waals surface area (Å²) in [6, 6.07) is 1.90. The molecule has 0 bridgehead atoms. The molecule has 1 atom stereocenters. The second-order valence-electron chi connectivity index (χ2n) is 3.67. The van der Waals surface area contributed by atoms with Crippen molar-refractivity contribution in [2.75, 3.05) is 25.0 Å². The van der Waals surface area contributed by atoms with Crippen molar-refractivity contribution >= 4 is 5.82 Å². The Bertz CT molecular complexity index is 256. The molecule has 0 aromatic carbocycles. The molecule has 1 aromatic heterocycles. The van der Waals surface area contributed by atoms with Crippen molar-refractivity contribution in [2.45, 2.75) is 12.8 Å². The van der Waals surface area contributed by atoms with E-state index in [0.29, 0.717) is 0 Å². The molecule has 4 heteroatoms. The van der Waals surface area contributed by atoms with Gasteiger partial charge in [-0.1, -0.05) is 0 Å². The number of hydrogen-bond acceptors (Lipinski definition) is 4. The largest absolute Gasteiger partial charge is 0.370 e. The zero-order valence-electron chi connectivity index (χ0n) is 8.24. The fourth-order valence-corrected chi connectivity index (χ4v) is 1.76.